The molecule has 1 aromatic carbocycles. The minimum Gasteiger partial charge on any atom is -0.375 e. The van der Waals surface area contributed by atoms with E-state index >= 15 is 0 Å². The van der Waals surface area contributed by atoms with Crippen molar-refractivity contribution in [2.24, 2.45) is 0 Å². The molecule has 0 spiro atoms. The fraction of sp³-hybridized carbons (Fsp3) is 0.353. The van der Waals surface area contributed by atoms with Gasteiger partial charge in [0.1, 0.15) is 0 Å². The fourth-order valence-corrected chi connectivity index (χ4v) is 3.85. The predicted molar refractivity (Wildman–Crippen MR) is 93.0 cm³/mol. The summed E-state index contributed by atoms with van der Waals surface area (Å²) >= 11 is 7.79. The normalized spacial score (nSPS) is 15.1. The number of urea groups is 1. The zero-order chi connectivity index (χ0) is 16.2. The number of nitrogens with zero attached hydrogens (tertiary/aromatic N) is 1. The molecule has 3 rings (SSSR count). The number of rotatable bonds is 4. The molecule has 1 aliphatic rings. The molecule has 0 bridgehead atoms. The maximum Gasteiger partial charge on any atom is 0.317 e. The monoisotopic (exact) mass is 350 g/mol. The number of amides is 2. The summed E-state index contributed by atoms with van der Waals surface area (Å²) in [4.78, 5) is 15.6. The van der Waals surface area contributed by atoms with Crippen molar-refractivity contribution < 1.29 is 9.53 Å². The molecule has 23 heavy (non-hydrogen) atoms. The van der Waals surface area contributed by atoms with E-state index < -0.39 is 0 Å². The zero-order valence-corrected chi connectivity index (χ0v) is 14.5. The van der Waals surface area contributed by atoms with Gasteiger partial charge in [-0.25, -0.2) is 4.79 Å². The number of halogens is 1. The van der Waals surface area contributed by atoms with E-state index in [9.17, 15) is 4.79 Å². The lowest BCUT2D eigenvalue weighted by atomic mass is 10.1. The Morgan fingerprint density at radius 2 is 2.35 bits per heavy atom. The summed E-state index contributed by atoms with van der Waals surface area (Å²) < 4.78 is 5.48. The topological polar surface area (TPSA) is 41.6 Å². The Hall–Kier alpha value is -1.56. The lowest BCUT2D eigenvalue weighted by Gasteiger charge is -2.28. The van der Waals surface area contributed by atoms with Crippen LogP contribution in [-0.2, 0) is 17.7 Å². The number of hydrogen-bond donors (Lipinski definition) is 1. The molecule has 1 aromatic heterocycles. The number of ether oxygens (including phenoxy) is 1. The molecule has 2 amide bonds. The molecule has 0 saturated carbocycles. The first-order chi connectivity index (χ1) is 11.2. The summed E-state index contributed by atoms with van der Waals surface area (Å²) in [6.45, 7) is 1.86. The summed E-state index contributed by atoms with van der Waals surface area (Å²) in [5.41, 5.74) is 2.22. The number of carbonyl (C=O) groups excluding carboxylic acids is 1. The summed E-state index contributed by atoms with van der Waals surface area (Å²) in [5, 5.41) is 5.72. The molecular weight excluding hydrogens is 332 g/mol. The van der Waals surface area contributed by atoms with E-state index in [-0.39, 0.29) is 12.1 Å². The number of thiophene rings is 1. The van der Waals surface area contributed by atoms with E-state index in [1.165, 1.54) is 10.4 Å². The number of methoxy groups -OCH3 is 1. The average Bonchev–Trinajstić information content (AvgIpc) is 3.03. The molecule has 1 N–H and O–H groups in total. The molecule has 2 aromatic rings. The van der Waals surface area contributed by atoms with E-state index in [0.717, 1.165) is 18.5 Å². The van der Waals surface area contributed by atoms with Gasteiger partial charge < -0.3 is 15.0 Å². The maximum atomic E-state index is 12.4. The lowest BCUT2D eigenvalue weighted by Crippen LogP contribution is -2.43. The molecule has 6 heteroatoms. The molecule has 0 aliphatic carbocycles. The molecule has 0 saturated heterocycles. The molecule has 1 aliphatic heterocycles. The van der Waals surface area contributed by atoms with Crippen molar-refractivity contribution in [3.8, 4) is 0 Å². The van der Waals surface area contributed by atoms with Crippen molar-refractivity contribution in [2.75, 3.05) is 20.2 Å². The molecule has 2 heterocycles. The van der Waals surface area contributed by atoms with Crippen molar-refractivity contribution in [3.63, 3.8) is 0 Å². The second-order valence-electron chi connectivity index (χ2n) is 5.51. The molecule has 1 atom stereocenters. The smallest absolute Gasteiger partial charge is 0.317 e. The summed E-state index contributed by atoms with van der Waals surface area (Å²) in [6.07, 6.45) is 0.724. The molecule has 122 valence electrons. The Kier molecular flexibility index (Phi) is 5.20. The highest BCUT2D eigenvalue weighted by Crippen LogP contribution is 2.24. The van der Waals surface area contributed by atoms with Crippen LogP contribution in [0.1, 0.15) is 22.1 Å². The van der Waals surface area contributed by atoms with E-state index in [2.05, 4.69) is 16.8 Å². The second kappa shape index (κ2) is 7.34. The SMILES string of the molecule is COC(CNC(=O)N1CCc2sccc2C1)c1cccc(Cl)c1. The molecule has 1 unspecified atom stereocenters. The van der Waals surface area contributed by atoms with E-state index in [1.54, 1.807) is 18.4 Å². The van der Waals surface area contributed by atoms with Crippen LogP contribution < -0.4 is 5.32 Å². The Labute approximate surface area is 145 Å². The predicted octanol–water partition coefficient (Wildman–Crippen LogP) is 3.86. The highest BCUT2D eigenvalue weighted by molar-refractivity contribution is 7.10. The van der Waals surface area contributed by atoms with Gasteiger partial charge in [0, 0.05) is 36.6 Å². The van der Waals surface area contributed by atoms with Crippen LogP contribution >= 0.6 is 22.9 Å². The Bertz CT molecular complexity index is 689. The van der Waals surface area contributed by atoms with Gasteiger partial charge in [-0.1, -0.05) is 23.7 Å². The van der Waals surface area contributed by atoms with Crippen LogP contribution in [0.5, 0.6) is 0 Å². The van der Waals surface area contributed by atoms with Crippen LogP contribution in [0.4, 0.5) is 4.79 Å². The van der Waals surface area contributed by atoms with Gasteiger partial charge in [-0.2, -0.15) is 0 Å². The van der Waals surface area contributed by atoms with E-state index in [1.807, 2.05) is 29.2 Å². The largest absolute Gasteiger partial charge is 0.375 e. The second-order valence-corrected chi connectivity index (χ2v) is 6.94. The van der Waals surface area contributed by atoms with Crippen LogP contribution in [0.15, 0.2) is 35.7 Å². The summed E-state index contributed by atoms with van der Waals surface area (Å²) in [5.74, 6) is 0. The molecule has 0 radical (unpaired) electrons. The van der Waals surface area contributed by atoms with Crippen molar-refractivity contribution in [1.82, 2.24) is 10.2 Å². The standard InChI is InChI=1S/C17H19ClN2O2S/c1-22-15(12-3-2-4-14(18)9-12)10-19-17(21)20-7-5-16-13(11-20)6-8-23-16/h2-4,6,8-9,15H,5,7,10-11H2,1H3,(H,19,21). The number of benzene rings is 1. The summed E-state index contributed by atoms with van der Waals surface area (Å²) in [7, 11) is 1.64. The van der Waals surface area contributed by atoms with Gasteiger partial charge in [0.05, 0.1) is 6.10 Å². The first-order valence-corrected chi connectivity index (χ1v) is 8.79. The summed E-state index contributed by atoms with van der Waals surface area (Å²) in [6, 6.07) is 9.57. The van der Waals surface area contributed by atoms with Gasteiger partial charge in [-0.3, -0.25) is 0 Å². The Balaban J connectivity index is 1.58. The average molecular weight is 351 g/mol. The molecule has 4 nitrogen and oxygen atoms in total. The molecular formula is C17H19ClN2O2S. The minimum absolute atomic E-state index is 0.0501. The van der Waals surface area contributed by atoms with Crippen LogP contribution in [0, 0.1) is 0 Å². The van der Waals surface area contributed by atoms with Crippen molar-refractivity contribution in [3.05, 3.63) is 56.7 Å². The Morgan fingerprint density at radius 1 is 1.48 bits per heavy atom. The van der Waals surface area contributed by atoms with Gasteiger partial charge >= 0.3 is 6.03 Å². The van der Waals surface area contributed by atoms with E-state index in [0.29, 0.717) is 18.1 Å². The highest BCUT2D eigenvalue weighted by Gasteiger charge is 2.22. The van der Waals surface area contributed by atoms with Crippen molar-refractivity contribution in [2.45, 2.75) is 19.1 Å². The number of hydrogen-bond acceptors (Lipinski definition) is 3. The van der Waals surface area contributed by atoms with Gasteiger partial charge in [0.25, 0.3) is 0 Å². The third-order valence-electron chi connectivity index (χ3n) is 4.04. The quantitative estimate of drug-likeness (QED) is 0.909. The van der Waals surface area contributed by atoms with Crippen molar-refractivity contribution >= 4 is 29.0 Å². The first-order valence-electron chi connectivity index (χ1n) is 7.53. The van der Waals surface area contributed by atoms with Crippen LogP contribution in [0.3, 0.4) is 0 Å². The molecule has 0 fully saturated rings. The fourth-order valence-electron chi connectivity index (χ4n) is 2.76. The zero-order valence-electron chi connectivity index (χ0n) is 12.9. The van der Waals surface area contributed by atoms with Crippen LogP contribution in [0.25, 0.3) is 0 Å². The van der Waals surface area contributed by atoms with E-state index in [4.69, 9.17) is 16.3 Å². The van der Waals surface area contributed by atoms with Gasteiger partial charge in [0.15, 0.2) is 0 Å². The van der Waals surface area contributed by atoms with Gasteiger partial charge in [0.2, 0.25) is 0 Å². The maximum absolute atomic E-state index is 12.4. The third kappa shape index (κ3) is 3.86. The lowest BCUT2D eigenvalue weighted by molar-refractivity contribution is 0.101. The number of carbonyl (C=O) groups is 1. The Morgan fingerprint density at radius 3 is 3.13 bits per heavy atom. The van der Waals surface area contributed by atoms with Crippen molar-refractivity contribution in [1.29, 1.82) is 0 Å². The highest BCUT2D eigenvalue weighted by atomic mass is 35.5. The van der Waals surface area contributed by atoms with Gasteiger partial charge in [-0.15, -0.1) is 11.3 Å². The first kappa shape index (κ1) is 16.3. The third-order valence-corrected chi connectivity index (χ3v) is 5.30. The van der Waals surface area contributed by atoms with Gasteiger partial charge in [-0.05, 0) is 41.1 Å². The minimum atomic E-state index is -0.209. The number of fused-ring (bicyclic) bond motifs is 1. The number of nitrogens with one attached hydrogen (secondary N) is 1. The van der Waals surface area contributed by atoms with Crippen LogP contribution in [0.2, 0.25) is 5.02 Å². The van der Waals surface area contributed by atoms with Crippen LogP contribution in [-0.4, -0.2) is 31.1 Å².